The molecule has 8 nitrogen and oxygen atoms in total. The molecule has 0 fully saturated rings. The summed E-state index contributed by atoms with van der Waals surface area (Å²) >= 11 is 0. The minimum absolute atomic E-state index is 0.126. The summed E-state index contributed by atoms with van der Waals surface area (Å²) < 4.78 is 30.0. The Balaban J connectivity index is 2.16. The van der Waals surface area contributed by atoms with Gasteiger partial charge in [0.1, 0.15) is 5.82 Å². The minimum atomic E-state index is -3.71. The molecule has 0 aromatic carbocycles. The highest BCUT2D eigenvalue weighted by Crippen LogP contribution is 2.15. The molecule has 0 saturated carbocycles. The summed E-state index contributed by atoms with van der Waals surface area (Å²) in [4.78, 5) is 19.7. The standard InChI is InChI=1S/C11H12N4O4S/c1-7-13-5-8(6-14-7)15-11(16)9-3-4-10(19-9)20(17,18)12-2/h3-6,12H,1-2H3,(H,15,16). The van der Waals surface area contributed by atoms with Crippen LogP contribution in [-0.2, 0) is 10.0 Å². The van der Waals surface area contributed by atoms with Gasteiger partial charge in [-0.15, -0.1) is 0 Å². The fraction of sp³-hybridized carbons (Fsp3) is 0.182. The summed E-state index contributed by atoms with van der Waals surface area (Å²) in [5.41, 5.74) is 0.384. The van der Waals surface area contributed by atoms with E-state index < -0.39 is 15.9 Å². The summed E-state index contributed by atoms with van der Waals surface area (Å²) in [5, 5.41) is 2.17. The van der Waals surface area contributed by atoms with E-state index in [1.165, 1.54) is 31.6 Å². The summed E-state index contributed by atoms with van der Waals surface area (Å²) in [5.74, 6) is -0.141. The number of amides is 1. The molecule has 2 heterocycles. The maximum Gasteiger partial charge on any atom is 0.291 e. The zero-order chi connectivity index (χ0) is 14.8. The Hall–Kier alpha value is -2.26. The Morgan fingerprint density at radius 3 is 2.50 bits per heavy atom. The molecular weight excluding hydrogens is 284 g/mol. The summed E-state index contributed by atoms with van der Waals surface area (Å²) in [7, 11) is -2.46. The van der Waals surface area contributed by atoms with Crippen LogP contribution in [0.25, 0.3) is 0 Å². The molecule has 0 radical (unpaired) electrons. The number of nitrogens with one attached hydrogen (secondary N) is 2. The third kappa shape index (κ3) is 3.00. The van der Waals surface area contributed by atoms with Gasteiger partial charge in [0, 0.05) is 0 Å². The molecule has 9 heteroatoms. The van der Waals surface area contributed by atoms with Crippen LogP contribution < -0.4 is 10.0 Å². The molecule has 0 bridgehead atoms. The molecule has 0 aliphatic carbocycles. The van der Waals surface area contributed by atoms with Gasteiger partial charge >= 0.3 is 0 Å². The van der Waals surface area contributed by atoms with E-state index in [-0.39, 0.29) is 10.9 Å². The van der Waals surface area contributed by atoms with Gasteiger partial charge < -0.3 is 9.73 Å². The second kappa shape index (κ2) is 5.39. The van der Waals surface area contributed by atoms with Gasteiger partial charge in [0.15, 0.2) is 5.76 Å². The van der Waals surface area contributed by atoms with Gasteiger partial charge in [-0.3, -0.25) is 4.79 Å². The van der Waals surface area contributed by atoms with E-state index >= 15 is 0 Å². The van der Waals surface area contributed by atoms with E-state index in [0.29, 0.717) is 11.5 Å². The highest BCUT2D eigenvalue weighted by Gasteiger charge is 2.19. The Bertz CT molecular complexity index is 721. The van der Waals surface area contributed by atoms with Gasteiger partial charge in [0.25, 0.3) is 15.9 Å². The number of rotatable bonds is 4. The van der Waals surface area contributed by atoms with Crippen molar-refractivity contribution >= 4 is 21.6 Å². The zero-order valence-electron chi connectivity index (χ0n) is 10.7. The van der Waals surface area contributed by atoms with Crippen molar-refractivity contribution in [3.8, 4) is 0 Å². The SMILES string of the molecule is CNS(=O)(=O)c1ccc(C(=O)Nc2cnc(C)nc2)o1. The van der Waals surface area contributed by atoms with Crippen molar-refractivity contribution < 1.29 is 17.6 Å². The molecule has 0 aliphatic heterocycles. The molecule has 0 unspecified atom stereocenters. The van der Waals surface area contributed by atoms with Gasteiger partial charge in [-0.25, -0.2) is 23.1 Å². The van der Waals surface area contributed by atoms with E-state index in [2.05, 4.69) is 20.0 Å². The number of hydrogen-bond acceptors (Lipinski definition) is 6. The Morgan fingerprint density at radius 1 is 1.25 bits per heavy atom. The van der Waals surface area contributed by atoms with Gasteiger partial charge in [-0.05, 0) is 26.1 Å². The summed E-state index contributed by atoms with van der Waals surface area (Å²) in [6, 6.07) is 2.47. The quantitative estimate of drug-likeness (QED) is 0.851. The van der Waals surface area contributed by atoms with Crippen molar-refractivity contribution in [3.63, 3.8) is 0 Å². The van der Waals surface area contributed by atoms with Gasteiger partial charge in [0.2, 0.25) is 5.09 Å². The number of hydrogen-bond donors (Lipinski definition) is 2. The fourth-order valence-corrected chi connectivity index (χ4v) is 1.98. The van der Waals surface area contributed by atoms with Crippen LogP contribution >= 0.6 is 0 Å². The second-order valence-electron chi connectivity index (χ2n) is 3.80. The highest BCUT2D eigenvalue weighted by atomic mass is 32.2. The van der Waals surface area contributed by atoms with Gasteiger partial charge in [-0.2, -0.15) is 0 Å². The number of aryl methyl sites for hydroxylation is 1. The molecule has 0 spiro atoms. The van der Waals surface area contributed by atoms with E-state index in [4.69, 9.17) is 4.42 Å². The van der Waals surface area contributed by atoms with E-state index in [1.54, 1.807) is 6.92 Å². The number of aromatic nitrogens is 2. The van der Waals surface area contributed by atoms with E-state index in [0.717, 1.165) is 0 Å². The van der Waals surface area contributed by atoms with E-state index in [9.17, 15) is 13.2 Å². The number of carbonyl (C=O) groups is 1. The van der Waals surface area contributed by atoms with Crippen LogP contribution in [0.1, 0.15) is 16.4 Å². The highest BCUT2D eigenvalue weighted by molar-refractivity contribution is 7.89. The molecule has 0 saturated heterocycles. The summed E-state index contributed by atoms with van der Waals surface area (Å²) in [6.45, 7) is 1.72. The van der Waals surface area contributed by atoms with Crippen LogP contribution in [0.3, 0.4) is 0 Å². The van der Waals surface area contributed by atoms with Gasteiger partial charge in [-0.1, -0.05) is 0 Å². The molecular formula is C11H12N4O4S. The lowest BCUT2D eigenvalue weighted by Gasteiger charge is -2.02. The maximum absolute atomic E-state index is 11.9. The average molecular weight is 296 g/mol. The van der Waals surface area contributed by atoms with Gasteiger partial charge in [0.05, 0.1) is 18.1 Å². The zero-order valence-corrected chi connectivity index (χ0v) is 11.6. The average Bonchev–Trinajstić information content (AvgIpc) is 2.92. The second-order valence-corrected chi connectivity index (χ2v) is 5.62. The largest absolute Gasteiger partial charge is 0.438 e. The number of sulfonamides is 1. The predicted molar refractivity (Wildman–Crippen MR) is 69.7 cm³/mol. The minimum Gasteiger partial charge on any atom is -0.438 e. The van der Waals surface area contributed by atoms with Crippen molar-refractivity contribution in [1.29, 1.82) is 0 Å². The van der Waals surface area contributed by atoms with Crippen molar-refractivity contribution in [1.82, 2.24) is 14.7 Å². The number of nitrogens with zero attached hydrogens (tertiary/aromatic N) is 2. The first-order valence-corrected chi connectivity index (χ1v) is 7.04. The number of furan rings is 1. The lowest BCUT2D eigenvalue weighted by molar-refractivity contribution is 0.0991. The topological polar surface area (TPSA) is 114 Å². The van der Waals surface area contributed by atoms with E-state index in [1.807, 2.05) is 0 Å². The van der Waals surface area contributed by atoms with Crippen LogP contribution in [-0.4, -0.2) is 31.3 Å². The Labute approximate surface area is 115 Å². The molecule has 0 aliphatic rings. The molecule has 2 aromatic heterocycles. The van der Waals surface area contributed by atoms with Crippen molar-refractivity contribution in [3.05, 3.63) is 36.1 Å². The third-order valence-electron chi connectivity index (χ3n) is 2.38. The molecule has 106 valence electrons. The van der Waals surface area contributed by atoms with Crippen molar-refractivity contribution in [2.45, 2.75) is 12.0 Å². The molecule has 1 amide bonds. The lowest BCUT2D eigenvalue weighted by Crippen LogP contribution is -2.18. The molecule has 2 aromatic rings. The van der Waals surface area contributed by atoms with Crippen LogP contribution in [0.2, 0.25) is 0 Å². The molecule has 20 heavy (non-hydrogen) atoms. The van der Waals surface area contributed by atoms with Crippen LogP contribution in [0.4, 0.5) is 5.69 Å². The number of anilines is 1. The van der Waals surface area contributed by atoms with Crippen molar-refractivity contribution in [2.75, 3.05) is 12.4 Å². The lowest BCUT2D eigenvalue weighted by atomic mass is 10.4. The van der Waals surface area contributed by atoms with Crippen molar-refractivity contribution in [2.24, 2.45) is 0 Å². The molecule has 0 atom stereocenters. The normalized spacial score (nSPS) is 11.3. The Morgan fingerprint density at radius 2 is 1.90 bits per heavy atom. The first-order chi connectivity index (χ1) is 9.42. The summed E-state index contributed by atoms with van der Waals surface area (Å²) in [6.07, 6.45) is 2.88. The molecule has 2 rings (SSSR count). The first-order valence-electron chi connectivity index (χ1n) is 5.56. The predicted octanol–water partition coefficient (Wildman–Crippen LogP) is 0.538. The first kappa shape index (κ1) is 14.2. The Kier molecular flexibility index (Phi) is 3.81. The smallest absolute Gasteiger partial charge is 0.291 e. The monoisotopic (exact) mass is 296 g/mol. The van der Waals surface area contributed by atoms with Crippen LogP contribution in [0.15, 0.2) is 34.0 Å². The van der Waals surface area contributed by atoms with Crippen LogP contribution in [0, 0.1) is 6.92 Å². The maximum atomic E-state index is 11.9. The van der Waals surface area contributed by atoms with Crippen LogP contribution in [0.5, 0.6) is 0 Å². The number of carbonyl (C=O) groups excluding carboxylic acids is 1. The third-order valence-corrected chi connectivity index (χ3v) is 3.66. The fourth-order valence-electron chi connectivity index (χ4n) is 1.34. The molecule has 2 N–H and O–H groups in total.